The van der Waals surface area contributed by atoms with Crippen molar-refractivity contribution in [1.29, 1.82) is 0 Å². The summed E-state index contributed by atoms with van der Waals surface area (Å²) in [6, 6.07) is 22.5. The van der Waals surface area contributed by atoms with Gasteiger partial charge in [0.15, 0.2) is 17.5 Å². The fraction of sp³-hybridized carbons (Fsp3) is 0.517. The van der Waals surface area contributed by atoms with Gasteiger partial charge in [0.1, 0.15) is 30.0 Å². The molecule has 23 nitrogen and oxygen atoms in total. The number of ether oxygens (including phenoxy) is 8. The van der Waals surface area contributed by atoms with Gasteiger partial charge >= 0.3 is 29.8 Å². The fourth-order valence-corrected chi connectivity index (χ4v) is 11.6. The Morgan fingerprint density at radius 3 is 1.94 bits per heavy atom. The number of amides is 2. The van der Waals surface area contributed by atoms with Crippen molar-refractivity contribution in [3.05, 3.63) is 119 Å². The molecule has 3 aromatic carbocycles. The number of Topliss-reactive ketones (excluding diaryl/α,β-unsaturated/α-hetero) is 1. The van der Waals surface area contributed by atoms with Crippen LogP contribution in [0.5, 0.6) is 0 Å². The van der Waals surface area contributed by atoms with E-state index in [0.29, 0.717) is 31.9 Å². The summed E-state index contributed by atoms with van der Waals surface area (Å²) in [7, 11) is 0. The molecule has 1 saturated heterocycles. The first-order valence-corrected chi connectivity index (χ1v) is 27.4. The van der Waals surface area contributed by atoms with Crippen LogP contribution in [0.4, 0.5) is 0 Å². The Morgan fingerprint density at radius 2 is 1.37 bits per heavy atom. The third-order valence-corrected chi connectivity index (χ3v) is 15.7. The van der Waals surface area contributed by atoms with Crippen LogP contribution in [0.25, 0.3) is 0 Å². The Bertz CT molecular complexity index is 2840. The largest absolute Gasteiger partial charge is 0.481 e. The zero-order valence-corrected chi connectivity index (χ0v) is 47.6. The zero-order chi connectivity index (χ0) is 60.9. The van der Waals surface area contributed by atoms with Crippen LogP contribution in [0.2, 0.25) is 0 Å². The van der Waals surface area contributed by atoms with Crippen molar-refractivity contribution in [2.45, 2.75) is 134 Å². The minimum Gasteiger partial charge on any atom is -0.481 e. The lowest BCUT2D eigenvalue weighted by Gasteiger charge is -2.67. The predicted molar refractivity (Wildman–Crippen MR) is 292 cm³/mol. The Hall–Kier alpha value is -7.41. The third-order valence-electron chi connectivity index (χ3n) is 15.7. The molecule has 4 aliphatic rings. The van der Waals surface area contributed by atoms with Crippen molar-refractivity contribution in [1.82, 2.24) is 10.6 Å². The number of esters is 5. The van der Waals surface area contributed by atoms with Crippen LogP contribution >= 0.6 is 0 Å². The molecule has 450 valence electrons. The molecular formula is C60H75N3O20. The number of hydrogen-bond acceptors (Lipinski definition) is 20. The van der Waals surface area contributed by atoms with Gasteiger partial charge in [-0.15, -0.1) is 0 Å². The highest BCUT2D eigenvalue weighted by Gasteiger charge is 2.78. The van der Waals surface area contributed by atoms with E-state index in [-0.39, 0.29) is 73.6 Å². The SMILES string of the molecule is CC(=O)O.CC(=O)O[C@H]1C(=O)[C@@]2(C)[C@H]([C@H](OC(=O)c3ccccc3)[C@]3(O)C[C@H](OC(=O)[C@H](OC(=O)CCCC(=O)NCCOCCOCCN)[C@@H](NC(=O)c4ccccc4)c4ccccc4)C(C)=C1C3(C)C)[C@]1(OC(C)=O)CO[C@@H]1C[C@@H]2O. The predicted octanol–water partition coefficient (Wildman–Crippen LogP) is 3.66. The van der Waals surface area contributed by atoms with Crippen LogP contribution < -0.4 is 16.4 Å². The number of aliphatic carboxylic acids is 1. The van der Waals surface area contributed by atoms with Crippen molar-refractivity contribution < 1.29 is 96.4 Å². The van der Waals surface area contributed by atoms with Crippen molar-refractivity contribution in [3.8, 4) is 0 Å². The summed E-state index contributed by atoms with van der Waals surface area (Å²) in [5, 5.41) is 39.2. The van der Waals surface area contributed by atoms with E-state index >= 15 is 9.59 Å². The minimum atomic E-state index is -2.50. The minimum absolute atomic E-state index is 0.0211. The number of benzene rings is 3. The molecule has 3 fully saturated rings. The first-order valence-electron chi connectivity index (χ1n) is 27.4. The van der Waals surface area contributed by atoms with Crippen LogP contribution in [-0.4, -0.2) is 163 Å². The molecule has 3 aliphatic carbocycles. The number of ketones is 1. The van der Waals surface area contributed by atoms with Gasteiger partial charge < -0.3 is 69.6 Å². The lowest BCUT2D eigenvalue weighted by atomic mass is 9.44. The molecule has 3 aromatic rings. The number of carbonyl (C=O) groups is 9. The zero-order valence-electron chi connectivity index (χ0n) is 47.6. The van der Waals surface area contributed by atoms with E-state index in [2.05, 4.69) is 10.6 Å². The molecule has 2 bridgehead atoms. The number of fused-ring (bicyclic) bond motifs is 5. The molecule has 0 aromatic heterocycles. The quantitative estimate of drug-likeness (QED) is 0.0341. The van der Waals surface area contributed by atoms with Crippen molar-refractivity contribution >= 4 is 53.4 Å². The lowest BCUT2D eigenvalue weighted by Crippen LogP contribution is -2.82. The van der Waals surface area contributed by atoms with Crippen molar-refractivity contribution in [2.24, 2.45) is 22.5 Å². The van der Waals surface area contributed by atoms with Crippen LogP contribution in [-0.2, 0) is 71.5 Å². The van der Waals surface area contributed by atoms with E-state index < -0.39 is 125 Å². The molecule has 0 spiro atoms. The van der Waals surface area contributed by atoms with Gasteiger partial charge in [-0.3, -0.25) is 33.6 Å². The molecule has 2 saturated carbocycles. The van der Waals surface area contributed by atoms with Gasteiger partial charge in [0.2, 0.25) is 12.0 Å². The number of aliphatic hydroxyl groups is 2. The molecule has 23 heteroatoms. The summed E-state index contributed by atoms with van der Waals surface area (Å²) in [4.78, 5) is 122. The van der Waals surface area contributed by atoms with Gasteiger partial charge in [-0.25, -0.2) is 9.59 Å². The molecule has 2 amide bonds. The maximum Gasteiger partial charge on any atom is 0.350 e. The molecule has 7 N–H and O–H groups in total. The maximum absolute atomic E-state index is 15.8. The summed E-state index contributed by atoms with van der Waals surface area (Å²) in [6.07, 6.45) is -11.5. The molecular weight excluding hydrogens is 1080 g/mol. The van der Waals surface area contributed by atoms with Gasteiger partial charge in [-0.05, 0) is 61.2 Å². The average Bonchev–Trinajstić information content (AvgIpc) is 0.714. The van der Waals surface area contributed by atoms with Crippen molar-refractivity contribution in [2.75, 3.05) is 46.1 Å². The fourth-order valence-electron chi connectivity index (χ4n) is 11.6. The van der Waals surface area contributed by atoms with Gasteiger partial charge in [0.05, 0.1) is 56.0 Å². The van der Waals surface area contributed by atoms with Gasteiger partial charge in [-0.2, -0.15) is 0 Å². The molecule has 83 heavy (non-hydrogen) atoms. The van der Waals surface area contributed by atoms with Crippen LogP contribution in [0, 0.1) is 16.7 Å². The number of aliphatic hydroxyl groups excluding tert-OH is 1. The number of carboxylic acid groups (broad SMARTS) is 1. The summed E-state index contributed by atoms with van der Waals surface area (Å²) >= 11 is 0. The van der Waals surface area contributed by atoms with E-state index in [1.165, 1.54) is 52.0 Å². The second-order valence-corrected chi connectivity index (χ2v) is 21.6. The number of nitrogens with two attached hydrogens (primary N) is 1. The Labute approximate surface area is 480 Å². The van der Waals surface area contributed by atoms with E-state index in [9.17, 15) is 39.0 Å². The van der Waals surface area contributed by atoms with Gasteiger partial charge in [0, 0.05) is 70.5 Å². The Balaban J connectivity index is 0.00000268. The molecule has 0 unspecified atom stereocenters. The van der Waals surface area contributed by atoms with Crippen LogP contribution in [0.1, 0.15) is 113 Å². The van der Waals surface area contributed by atoms with E-state index in [4.69, 9.17) is 53.5 Å². The topological polar surface area (TPSA) is 338 Å². The molecule has 1 aliphatic heterocycles. The highest BCUT2D eigenvalue weighted by Crippen LogP contribution is 2.64. The standard InChI is InChI=1S/C58H71N3O18.C2H4O2/c1-34-40(76-54(70)48(46(37-17-10-7-11-18-37)61-52(68)38-19-12-8-13-20-38)77-44(66)24-16-23-43(65)60-26-28-73-30-29-72-27-25-59)32-58(71)51(78-53(69)39-21-14-9-15-22-39)49-56(6,41(64)31-42-57(49,33-74-42)79-36(3)63)50(67)47(75-35(2)62)45(34)55(58,4)5;1-2(3)4/h7-15,17-22,40-42,46-49,51,64,71H,16,23-33,59H2,1-6H3,(H,60,65)(H,61,68);1H3,(H,3,4)/t40-,41-,42+,46-,47+,48+,49-,51-,56+,57-,58+;/m0./s1. The van der Waals surface area contributed by atoms with E-state index in [1.807, 2.05) is 0 Å². The van der Waals surface area contributed by atoms with E-state index in [1.54, 1.807) is 66.7 Å². The van der Waals surface area contributed by atoms with Crippen molar-refractivity contribution in [3.63, 3.8) is 0 Å². The summed E-state index contributed by atoms with van der Waals surface area (Å²) < 4.78 is 47.6. The summed E-state index contributed by atoms with van der Waals surface area (Å²) in [5.41, 5.74) is -2.23. The smallest absolute Gasteiger partial charge is 0.350 e. The number of carboxylic acids is 1. The van der Waals surface area contributed by atoms with Crippen LogP contribution in [0.3, 0.4) is 0 Å². The molecule has 11 atom stereocenters. The van der Waals surface area contributed by atoms with Gasteiger partial charge in [0.25, 0.3) is 11.9 Å². The first-order chi connectivity index (χ1) is 39.3. The number of rotatable bonds is 23. The highest BCUT2D eigenvalue weighted by atomic mass is 16.6. The van der Waals surface area contributed by atoms with E-state index in [0.717, 1.165) is 20.8 Å². The normalized spacial score (nSPS) is 26.4. The summed E-state index contributed by atoms with van der Waals surface area (Å²) in [6.45, 7) is 10.7. The summed E-state index contributed by atoms with van der Waals surface area (Å²) in [5.74, 6) is -9.34. The highest BCUT2D eigenvalue weighted by molar-refractivity contribution is 5.96. The monoisotopic (exact) mass is 1160 g/mol. The number of nitrogens with one attached hydrogen (secondary N) is 2. The molecule has 1 heterocycles. The first kappa shape index (κ1) is 64.8. The Kier molecular flexibility index (Phi) is 22.0. The molecule has 0 radical (unpaired) electrons. The number of hydrogen-bond donors (Lipinski definition) is 6. The van der Waals surface area contributed by atoms with Crippen LogP contribution in [0.15, 0.2) is 102 Å². The van der Waals surface area contributed by atoms with Gasteiger partial charge in [-0.1, -0.05) is 80.6 Å². The Morgan fingerprint density at radius 1 is 0.783 bits per heavy atom. The number of carbonyl (C=O) groups excluding carboxylic acids is 8. The second kappa shape index (κ2) is 28.2. The second-order valence-electron chi connectivity index (χ2n) is 21.6. The average molecular weight is 1160 g/mol. The maximum atomic E-state index is 15.8. The third kappa shape index (κ3) is 14.7. The molecule has 7 rings (SSSR count). The lowest BCUT2D eigenvalue weighted by molar-refractivity contribution is -0.346.